The van der Waals surface area contributed by atoms with E-state index in [1.54, 1.807) is 30.7 Å². The van der Waals surface area contributed by atoms with Gasteiger partial charge in [0.2, 0.25) is 0 Å². The Hall–Kier alpha value is -2.27. The second kappa shape index (κ2) is 6.01. The van der Waals surface area contributed by atoms with Gasteiger partial charge in [0, 0.05) is 35.4 Å². The number of fused-ring (bicyclic) bond motifs is 1. The standard InChI is InChI=1S/C15H14ClN3O2/c16-12-1-2-14-10(6-12)5-11(8-21-14)15(20)18-4-3-13-7-17-9-19-13/h1-2,5-7,9H,3-4,8H2,(H,17,19)(H,18,20). The molecule has 0 saturated heterocycles. The average Bonchev–Trinajstić information content (AvgIpc) is 2.99. The number of halogens is 1. The molecule has 1 aliphatic heterocycles. The van der Waals surface area contributed by atoms with Crippen LogP contribution in [0.25, 0.3) is 6.08 Å². The highest BCUT2D eigenvalue weighted by Gasteiger charge is 2.17. The SMILES string of the molecule is O=C(NCCc1cnc[nH]1)C1=Cc2cc(Cl)ccc2OC1. The highest BCUT2D eigenvalue weighted by molar-refractivity contribution is 6.30. The third kappa shape index (κ3) is 3.25. The number of hydrogen-bond donors (Lipinski definition) is 2. The molecular formula is C15H14ClN3O2. The predicted molar refractivity (Wildman–Crippen MR) is 80.2 cm³/mol. The van der Waals surface area contributed by atoms with Crippen molar-refractivity contribution in [2.75, 3.05) is 13.2 Å². The van der Waals surface area contributed by atoms with Crippen molar-refractivity contribution < 1.29 is 9.53 Å². The van der Waals surface area contributed by atoms with Crippen molar-refractivity contribution >= 4 is 23.6 Å². The van der Waals surface area contributed by atoms with Gasteiger partial charge in [-0.15, -0.1) is 0 Å². The quantitative estimate of drug-likeness (QED) is 0.910. The lowest BCUT2D eigenvalue weighted by Crippen LogP contribution is -2.30. The topological polar surface area (TPSA) is 67.0 Å². The van der Waals surface area contributed by atoms with Gasteiger partial charge in [0.05, 0.1) is 11.9 Å². The van der Waals surface area contributed by atoms with Crippen LogP contribution in [0.3, 0.4) is 0 Å². The minimum Gasteiger partial charge on any atom is -0.488 e. The van der Waals surface area contributed by atoms with Gasteiger partial charge in [-0.3, -0.25) is 4.79 Å². The molecule has 0 radical (unpaired) electrons. The van der Waals surface area contributed by atoms with Gasteiger partial charge in [0.1, 0.15) is 12.4 Å². The molecule has 0 unspecified atom stereocenters. The minimum absolute atomic E-state index is 0.125. The molecule has 1 aromatic carbocycles. The second-order valence-electron chi connectivity index (χ2n) is 4.72. The highest BCUT2D eigenvalue weighted by atomic mass is 35.5. The minimum atomic E-state index is -0.125. The monoisotopic (exact) mass is 303 g/mol. The number of ether oxygens (including phenoxy) is 1. The number of hydrogen-bond acceptors (Lipinski definition) is 3. The maximum atomic E-state index is 12.1. The molecule has 2 N–H and O–H groups in total. The van der Waals surface area contributed by atoms with Crippen molar-refractivity contribution in [1.82, 2.24) is 15.3 Å². The van der Waals surface area contributed by atoms with Crippen LogP contribution in [-0.4, -0.2) is 29.0 Å². The molecule has 0 bridgehead atoms. The number of aromatic nitrogens is 2. The molecule has 6 heteroatoms. The van der Waals surface area contributed by atoms with Crippen molar-refractivity contribution in [2.24, 2.45) is 0 Å². The summed E-state index contributed by atoms with van der Waals surface area (Å²) in [4.78, 5) is 19.0. The molecule has 108 valence electrons. The van der Waals surface area contributed by atoms with Crippen molar-refractivity contribution in [3.05, 3.63) is 52.6 Å². The number of nitrogens with zero attached hydrogens (tertiary/aromatic N) is 1. The fourth-order valence-electron chi connectivity index (χ4n) is 2.13. The Balaban J connectivity index is 1.62. The summed E-state index contributed by atoms with van der Waals surface area (Å²) in [7, 11) is 0. The summed E-state index contributed by atoms with van der Waals surface area (Å²) in [6.07, 6.45) is 5.89. The number of carbonyl (C=O) groups excluding carboxylic acids is 1. The molecule has 1 aliphatic rings. The van der Waals surface area contributed by atoms with E-state index in [0.717, 1.165) is 17.0 Å². The van der Waals surface area contributed by atoms with E-state index in [0.29, 0.717) is 23.6 Å². The molecule has 0 spiro atoms. The molecule has 1 aromatic heterocycles. The van der Waals surface area contributed by atoms with Crippen LogP contribution >= 0.6 is 11.6 Å². The van der Waals surface area contributed by atoms with E-state index in [1.165, 1.54) is 0 Å². The van der Waals surface area contributed by atoms with Gasteiger partial charge in [0.25, 0.3) is 5.91 Å². The van der Waals surface area contributed by atoms with Crippen LogP contribution < -0.4 is 10.1 Å². The van der Waals surface area contributed by atoms with Crippen molar-refractivity contribution in [1.29, 1.82) is 0 Å². The maximum absolute atomic E-state index is 12.1. The molecule has 1 amide bonds. The molecule has 2 aromatic rings. The highest BCUT2D eigenvalue weighted by Crippen LogP contribution is 2.28. The van der Waals surface area contributed by atoms with Crippen LogP contribution in [-0.2, 0) is 11.2 Å². The summed E-state index contributed by atoms with van der Waals surface area (Å²) in [5.41, 5.74) is 2.41. The van der Waals surface area contributed by atoms with E-state index >= 15 is 0 Å². The van der Waals surface area contributed by atoms with Crippen LogP contribution in [0.5, 0.6) is 5.75 Å². The Labute approximate surface area is 127 Å². The number of H-pyrrole nitrogens is 1. The Kier molecular flexibility index (Phi) is 3.92. The maximum Gasteiger partial charge on any atom is 0.250 e. The van der Waals surface area contributed by atoms with E-state index in [2.05, 4.69) is 15.3 Å². The average molecular weight is 304 g/mol. The summed E-state index contributed by atoms with van der Waals surface area (Å²) in [5.74, 6) is 0.619. The Morgan fingerprint density at radius 2 is 2.38 bits per heavy atom. The number of imidazole rings is 1. The molecule has 5 nitrogen and oxygen atoms in total. The smallest absolute Gasteiger partial charge is 0.250 e. The first-order valence-electron chi connectivity index (χ1n) is 6.61. The van der Waals surface area contributed by atoms with E-state index < -0.39 is 0 Å². The first-order valence-corrected chi connectivity index (χ1v) is 6.98. The van der Waals surface area contributed by atoms with E-state index in [1.807, 2.05) is 6.08 Å². The van der Waals surface area contributed by atoms with Crippen molar-refractivity contribution in [3.8, 4) is 5.75 Å². The molecule has 0 atom stereocenters. The number of benzene rings is 1. The Morgan fingerprint density at radius 3 is 3.19 bits per heavy atom. The summed E-state index contributed by atoms with van der Waals surface area (Å²) in [6.45, 7) is 0.811. The van der Waals surface area contributed by atoms with Crippen LogP contribution in [0.2, 0.25) is 5.02 Å². The van der Waals surface area contributed by atoms with Crippen LogP contribution in [0, 0.1) is 0 Å². The zero-order chi connectivity index (χ0) is 14.7. The van der Waals surface area contributed by atoms with Gasteiger partial charge >= 0.3 is 0 Å². The van der Waals surface area contributed by atoms with Crippen LogP contribution in [0.1, 0.15) is 11.3 Å². The third-order valence-corrected chi connectivity index (χ3v) is 3.45. The molecule has 2 heterocycles. The van der Waals surface area contributed by atoms with E-state index in [9.17, 15) is 4.79 Å². The number of aromatic amines is 1. The number of rotatable bonds is 4. The molecule has 21 heavy (non-hydrogen) atoms. The first kappa shape index (κ1) is 13.7. The van der Waals surface area contributed by atoms with Gasteiger partial charge in [-0.05, 0) is 24.3 Å². The van der Waals surface area contributed by atoms with Gasteiger partial charge < -0.3 is 15.0 Å². The fourth-order valence-corrected chi connectivity index (χ4v) is 2.31. The fraction of sp³-hybridized carbons (Fsp3) is 0.200. The lowest BCUT2D eigenvalue weighted by molar-refractivity contribution is -0.117. The first-order chi connectivity index (χ1) is 10.2. The second-order valence-corrected chi connectivity index (χ2v) is 5.16. The Morgan fingerprint density at radius 1 is 1.48 bits per heavy atom. The van der Waals surface area contributed by atoms with Gasteiger partial charge in [-0.1, -0.05) is 11.6 Å². The summed E-state index contributed by atoms with van der Waals surface area (Å²) in [6, 6.07) is 5.36. The van der Waals surface area contributed by atoms with Gasteiger partial charge in [0.15, 0.2) is 0 Å². The normalized spacial score (nSPS) is 13.1. The number of amides is 1. The van der Waals surface area contributed by atoms with Crippen LogP contribution in [0.4, 0.5) is 0 Å². The third-order valence-electron chi connectivity index (χ3n) is 3.21. The molecule has 3 rings (SSSR count). The number of nitrogens with one attached hydrogen (secondary N) is 2. The summed E-state index contributed by atoms with van der Waals surface area (Å²) >= 11 is 5.95. The molecule has 0 aliphatic carbocycles. The molecular weight excluding hydrogens is 290 g/mol. The zero-order valence-electron chi connectivity index (χ0n) is 11.2. The van der Waals surface area contributed by atoms with Crippen LogP contribution in [0.15, 0.2) is 36.3 Å². The van der Waals surface area contributed by atoms with E-state index in [-0.39, 0.29) is 12.5 Å². The number of carbonyl (C=O) groups is 1. The summed E-state index contributed by atoms with van der Waals surface area (Å²) < 4.78 is 5.56. The summed E-state index contributed by atoms with van der Waals surface area (Å²) in [5, 5.41) is 3.49. The van der Waals surface area contributed by atoms with Gasteiger partial charge in [-0.2, -0.15) is 0 Å². The largest absolute Gasteiger partial charge is 0.488 e. The van der Waals surface area contributed by atoms with Crippen molar-refractivity contribution in [3.63, 3.8) is 0 Å². The lowest BCUT2D eigenvalue weighted by Gasteiger charge is -2.17. The Bertz CT molecular complexity index is 680. The lowest BCUT2D eigenvalue weighted by atomic mass is 10.1. The van der Waals surface area contributed by atoms with Gasteiger partial charge in [-0.25, -0.2) is 4.98 Å². The zero-order valence-corrected chi connectivity index (χ0v) is 12.0. The molecule has 0 saturated carbocycles. The van der Waals surface area contributed by atoms with E-state index in [4.69, 9.17) is 16.3 Å². The molecule has 0 fully saturated rings. The van der Waals surface area contributed by atoms with Crippen molar-refractivity contribution in [2.45, 2.75) is 6.42 Å². The predicted octanol–water partition coefficient (Wildman–Crippen LogP) is 2.20.